The number of hydrogen-bond acceptors (Lipinski definition) is 4. The highest BCUT2D eigenvalue weighted by Crippen LogP contribution is 2.18. The van der Waals surface area contributed by atoms with E-state index in [-0.39, 0.29) is 0 Å². The Labute approximate surface area is 121 Å². The summed E-state index contributed by atoms with van der Waals surface area (Å²) in [6.07, 6.45) is 2.45. The van der Waals surface area contributed by atoms with Crippen LogP contribution in [0.4, 0.5) is 0 Å². The maximum absolute atomic E-state index is 5.59. The number of aryl methyl sites for hydroxylation is 1. The summed E-state index contributed by atoms with van der Waals surface area (Å²) in [5.74, 6) is 1.91. The van der Waals surface area contributed by atoms with E-state index in [1.807, 2.05) is 18.2 Å². The van der Waals surface area contributed by atoms with E-state index < -0.39 is 0 Å². The first-order valence-electron chi connectivity index (χ1n) is 6.44. The Morgan fingerprint density at radius 1 is 1.37 bits per heavy atom. The van der Waals surface area contributed by atoms with E-state index in [0.29, 0.717) is 24.8 Å². The van der Waals surface area contributed by atoms with Crippen molar-refractivity contribution < 1.29 is 4.52 Å². The summed E-state index contributed by atoms with van der Waals surface area (Å²) in [7, 11) is 0. The molecular formula is C14H18BrN3O. The molecule has 0 aliphatic heterocycles. The lowest BCUT2D eigenvalue weighted by Gasteiger charge is -2.04. The lowest BCUT2D eigenvalue weighted by molar-refractivity contribution is 0.362. The van der Waals surface area contributed by atoms with Gasteiger partial charge in [0.2, 0.25) is 5.89 Å². The van der Waals surface area contributed by atoms with Crippen molar-refractivity contribution in [3.05, 3.63) is 46.0 Å². The van der Waals surface area contributed by atoms with Gasteiger partial charge in [0.25, 0.3) is 0 Å². The van der Waals surface area contributed by atoms with Gasteiger partial charge in [-0.2, -0.15) is 4.98 Å². The Morgan fingerprint density at radius 3 is 2.89 bits per heavy atom. The summed E-state index contributed by atoms with van der Waals surface area (Å²) in [4.78, 5) is 4.41. The zero-order chi connectivity index (χ0) is 13.7. The highest BCUT2D eigenvalue weighted by atomic mass is 79.9. The lowest BCUT2D eigenvalue weighted by atomic mass is 10.1. The minimum absolute atomic E-state index is 0.485. The molecule has 2 rings (SSSR count). The summed E-state index contributed by atoms with van der Waals surface area (Å²) >= 11 is 3.52. The maximum Gasteiger partial charge on any atom is 0.226 e. The third kappa shape index (κ3) is 4.14. The van der Waals surface area contributed by atoms with Crippen molar-refractivity contribution in [1.29, 1.82) is 0 Å². The topological polar surface area (TPSA) is 64.9 Å². The zero-order valence-electron chi connectivity index (χ0n) is 11.0. The minimum Gasteiger partial charge on any atom is -0.339 e. The van der Waals surface area contributed by atoms with Crippen LogP contribution in [0.25, 0.3) is 0 Å². The predicted molar refractivity (Wildman–Crippen MR) is 77.8 cm³/mol. The molecule has 0 spiro atoms. The van der Waals surface area contributed by atoms with E-state index in [1.54, 1.807) is 0 Å². The molecule has 1 aromatic carbocycles. The van der Waals surface area contributed by atoms with Gasteiger partial charge < -0.3 is 10.3 Å². The van der Waals surface area contributed by atoms with Crippen LogP contribution in [0, 0.1) is 5.92 Å². The fourth-order valence-electron chi connectivity index (χ4n) is 1.76. The molecule has 0 amide bonds. The first kappa shape index (κ1) is 14.2. The zero-order valence-corrected chi connectivity index (χ0v) is 12.6. The van der Waals surface area contributed by atoms with Crippen LogP contribution in [0.5, 0.6) is 0 Å². The van der Waals surface area contributed by atoms with Gasteiger partial charge in [-0.25, -0.2) is 0 Å². The lowest BCUT2D eigenvalue weighted by Crippen LogP contribution is -2.11. The summed E-state index contributed by atoms with van der Waals surface area (Å²) < 4.78 is 6.32. The Kier molecular flexibility index (Phi) is 5.10. The van der Waals surface area contributed by atoms with Crippen molar-refractivity contribution in [3.63, 3.8) is 0 Å². The Hall–Kier alpha value is -1.20. The van der Waals surface area contributed by atoms with Gasteiger partial charge >= 0.3 is 0 Å². The molecule has 0 aliphatic carbocycles. The van der Waals surface area contributed by atoms with Gasteiger partial charge in [-0.15, -0.1) is 0 Å². The molecule has 1 atom stereocenters. The second-order valence-corrected chi connectivity index (χ2v) is 5.61. The Morgan fingerprint density at radius 2 is 2.16 bits per heavy atom. The molecule has 0 bridgehead atoms. The van der Waals surface area contributed by atoms with Crippen LogP contribution in [-0.4, -0.2) is 16.7 Å². The summed E-state index contributed by atoms with van der Waals surface area (Å²) in [6.45, 7) is 2.82. The van der Waals surface area contributed by atoms with Crippen LogP contribution in [0.2, 0.25) is 0 Å². The third-order valence-electron chi connectivity index (χ3n) is 3.07. The number of hydrogen-bond donors (Lipinski definition) is 1. The number of rotatable bonds is 6. The van der Waals surface area contributed by atoms with Gasteiger partial charge in [-0.1, -0.05) is 46.2 Å². The average molecular weight is 324 g/mol. The molecule has 5 heteroatoms. The molecule has 1 aromatic heterocycles. The van der Waals surface area contributed by atoms with E-state index in [1.165, 1.54) is 0 Å². The molecule has 0 aliphatic rings. The second-order valence-electron chi connectivity index (χ2n) is 4.75. The molecule has 2 N–H and O–H groups in total. The first-order valence-corrected chi connectivity index (χ1v) is 7.23. The Bertz CT molecular complexity index is 527. The number of nitrogens with two attached hydrogens (primary N) is 1. The molecule has 102 valence electrons. The van der Waals surface area contributed by atoms with Crippen LogP contribution >= 0.6 is 15.9 Å². The maximum atomic E-state index is 5.59. The molecule has 0 saturated heterocycles. The summed E-state index contributed by atoms with van der Waals surface area (Å²) in [5.41, 5.74) is 6.75. The SMILES string of the molecule is CC(CN)CCc1nc(Cc2ccccc2Br)no1. The summed E-state index contributed by atoms with van der Waals surface area (Å²) in [6, 6.07) is 8.06. The average Bonchev–Trinajstić information content (AvgIpc) is 2.86. The van der Waals surface area contributed by atoms with Crippen molar-refractivity contribution >= 4 is 15.9 Å². The minimum atomic E-state index is 0.485. The van der Waals surface area contributed by atoms with E-state index >= 15 is 0 Å². The van der Waals surface area contributed by atoms with Gasteiger partial charge in [0.1, 0.15) is 0 Å². The quantitative estimate of drug-likeness (QED) is 0.887. The summed E-state index contributed by atoms with van der Waals surface area (Å²) in [5, 5.41) is 4.02. The monoisotopic (exact) mass is 323 g/mol. The van der Waals surface area contributed by atoms with Gasteiger partial charge in [-0.05, 0) is 30.5 Å². The molecule has 0 radical (unpaired) electrons. The highest BCUT2D eigenvalue weighted by Gasteiger charge is 2.10. The molecule has 0 fully saturated rings. The number of aromatic nitrogens is 2. The fourth-order valence-corrected chi connectivity index (χ4v) is 2.19. The van der Waals surface area contributed by atoms with E-state index in [4.69, 9.17) is 10.3 Å². The van der Waals surface area contributed by atoms with Crippen molar-refractivity contribution in [2.75, 3.05) is 6.54 Å². The first-order chi connectivity index (χ1) is 9.19. The van der Waals surface area contributed by atoms with E-state index in [9.17, 15) is 0 Å². The van der Waals surface area contributed by atoms with Gasteiger partial charge in [0, 0.05) is 17.3 Å². The van der Waals surface area contributed by atoms with Crippen LogP contribution in [0.1, 0.15) is 30.6 Å². The van der Waals surface area contributed by atoms with E-state index in [2.05, 4.69) is 39.1 Å². The van der Waals surface area contributed by atoms with E-state index in [0.717, 1.165) is 28.7 Å². The normalized spacial score (nSPS) is 12.6. The molecule has 4 nitrogen and oxygen atoms in total. The molecule has 2 aromatic rings. The van der Waals surface area contributed by atoms with Crippen molar-refractivity contribution in [3.8, 4) is 0 Å². The number of halogens is 1. The fraction of sp³-hybridized carbons (Fsp3) is 0.429. The van der Waals surface area contributed by atoms with Crippen LogP contribution in [0.3, 0.4) is 0 Å². The second kappa shape index (κ2) is 6.82. The number of nitrogens with zero attached hydrogens (tertiary/aromatic N) is 2. The molecule has 1 unspecified atom stereocenters. The van der Waals surface area contributed by atoms with Crippen LogP contribution < -0.4 is 5.73 Å². The largest absolute Gasteiger partial charge is 0.339 e. The highest BCUT2D eigenvalue weighted by molar-refractivity contribution is 9.10. The molecule has 19 heavy (non-hydrogen) atoms. The number of benzene rings is 1. The van der Waals surface area contributed by atoms with Crippen LogP contribution in [-0.2, 0) is 12.8 Å². The standard InChI is InChI=1S/C14H18BrN3O/c1-10(9-16)6-7-14-17-13(18-19-14)8-11-4-2-3-5-12(11)15/h2-5,10H,6-9,16H2,1H3. The van der Waals surface area contributed by atoms with Gasteiger partial charge in [-0.3, -0.25) is 0 Å². The van der Waals surface area contributed by atoms with Gasteiger partial charge in [0.15, 0.2) is 5.82 Å². The van der Waals surface area contributed by atoms with Crippen LogP contribution in [0.15, 0.2) is 33.3 Å². The van der Waals surface area contributed by atoms with Crippen molar-refractivity contribution in [1.82, 2.24) is 10.1 Å². The molecular weight excluding hydrogens is 306 g/mol. The molecule has 0 saturated carbocycles. The Balaban J connectivity index is 1.96. The predicted octanol–water partition coefficient (Wildman–Crippen LogP) is 2.95. The third-order valence-corrected chi connectivity index (χ3v) is 3.84. The molecule has 1 heterocycles. The van der Waals surface area contributed by atoms with Gasteiger partial charge in [0.05, 0.1) is 0 Å². The smallest absolute Gasteiger partial charge is 0.226 e. The van der Waals surface area contributed by atoms with Crippen molar-refractivity contribution in [2.45, 2.75) is 26.2 Å². The van der Waals surface area contributed by atoms with Crippen molar-refractivity contribution in [2.24, 2.45) is 11.7 Å².